The molecule has 2 atom stereocenters. The lowest BCUT2D eigenvalue weighted by Crippen LogP contribution is -2.46. The van der Waals surface area contributed by atoms with Crippen LogP contribution in [0.5, 0.6) is 0 Å². The molecule has 0 radical (unpaired) electrons. The van der Waals surface area contributed by atoms with E-state index < -0.39 is 0 Å². The Kier molecular flexibility index (Phi) is 8.06. The van der Waals surface area contributed by atoms with Crippen molar-refractivity contribution in [2.24, 2.45) is 11.8 Å². The van der Waals surface area contributed by atoms with Crippen molar-refractivity contribution in [1.29, 1.82) is 0 Å². The van der Waals surface area contributed by atoms with Crippen molar-refractivity contribution < 1.29 is 9.59 Å². The van der Waals surface area contributed by atoms with Crippen LogP contribution in [0.25, 0.3) is 0 Å². The van der Waals surface area contributed by atoms with Crippen molar-refractivity contribution in [3.8, 4) is 0 Å². The lowest BCUT2D eigenvalue weighted by molar-refractivity contribution is -0.128. The maximum Gasteiger partial charge on any atom is 0.225 e. The molecule has 2 saturated carbocycles. The normalized spacial score (nSPS) is 25.6. The summed E-state index contributed by atoms with van der Waals surface area (Å²) in [4.78, 5) is 38.3. The van der Waals surface area contributed by atoms with Crippen LogP contribution in [0.4, 0.5) is 11.8 Å². The number of rotatable bonds is 7. The number of hydrogen-bond donors (Lipinski definition) is 2. The SMILES string of the molecule is CN(C)c1nc(NC2CCC(NC(=O)[C@H]3CCCC[C@H]3C(=O)c3ccccc3)CC2)nc2c1CCCC2. The van der Waals surface area contributed by atoms with Crippen LogP contribution in [-0.2, 0) is 17.6 Å². The second-order valence-electron chi connectivity index (χ2n) is 11.3. The standard InChI is InChI=1S/C30H41N5O2/c1-35(2)28-25-14-8-9-15-26(25)33-30(34-28)32-22-18-16-21(17-19-22)31-29(37)24-13-7-6-12-23(24)27(36)20-10-4-3-5-11-20/h3-5,10-11,21-24H,6-9,12-19H2,1-2H3,(H,31,37)(H,32,33,34)/t21?,22?,23-,24+/m1/s1. The molecule has 7 nitrogen and oxygen atoms in total. The Morgan fingerprint density at radius 2 is 1.49 bits per heavy atom. The third-order valence-electron chi connectivity index (χ3n) is 8.49. The van der Waals surface area contributed by atoms with Gasteiger partial charge in [0, 0.05) is 49.1 Å². The molecule has 0 spiro atoms. The number of carbonyl (C=O) groups excluding carboxylic acids is 2. The number of hydrogen-bond acceptors (Lipinski definition) is 6. The zero-order valence-corrected chi connectivity index (χ0v) is 22.3. The van der Waals surface area contributed by atoms with Gasteiger partial charge in [0.1, 0.15) is 5.82 Å². The van der Waals surface area contributed by atoms with Crippen molar-refractivity contribution in [2.75, 3.05) is 24.3 Å². The minimum Gasteiger partial charge on any atom is -0.362 e. The van der Waals surface area contributed by atoms with Crippen molar-refractivity contribution >= 4 is 23.5 Å². The number of nitrogens with zero attached hydrogens (tertiary/aromatic N) is 3. The summed E-state index contributed by atoms with van der Waals surface area (Å²) >= 11 is 0. The molecule has 3 aliphatic carbocycles. The van der Waals surface area contributed by atoms with Crippen LogP contribution < -0.4 is 15.5 Å². The van der Waals surface area contributed by atoms with E-state index in [2.05, 4.69) is 29.6 Å². The number of benzene rings is 1. The molecule has 37 heavy (non-hydrogen) atoms. The summed E-state index contributed by atoms with van der Waals surface area (Å²) in [6.45, 7) is 0. The first-order valence-electron chi connectivity index (χ1n) is 14.2. The van der Waals surface area contributed by atoms with Gasteiger partial charge in [0.25, 0.3) is 0 Å². The fourth-order valence-corrected chi connectivity index (χ4v) is 6.46. The first kappa shape index (κ1) is 25.7. The van der Waals surface area contributed by atoms with Crippen LogP contribution in [0, 0.1) is 11.8 Å². The lowest BCUT2D eigenvalue weighted by atomic mass is 9.74. The molecule has 2 fully saturated rings. The second kappa shape index (κ2) is 11.6. The fraction of sp³-hybridized carbons (Fsp3) is 0.600. The Hall–Kier alpha value is -2.96. The summed E-state index contributed by atoms with van der Waals surface area (Å²) in [6, 6.07) is 9.93. The van der Waals surface area contributed by atoms with Gasteiger partial charge in [0.2, 0.25) is 11.9 Å². The van der Waals surface area contributed by atoms with Gasteiger partial charge in [0.05, 0.1) is 5.69 Å². The summed E-state index contributed by atoms with van der Waals surface area (Å²) in [7, 11) is 4.11. The van der Waals surface area contributed by atoms with Crippen molar-refractivity contribution in [3.05, 3.63) is 47.2 Å². The van der Waals surface area contributed by atoms with Gasteiger partial charge in [0.15, 0.2) is 5.78 Å². The molecule has 7 heteroatoms. The number of nitrogens with one attached hydrogen (secondary N) is 2. The van der Waals surface area contributed by atoms with Gasteiger partial charge in [-0.05, 0) is 64.2 Å². The van der Waals surface area contributed by atoms with Gasteiger partial charge in [-0.2, -0.15) is 4.98 Å². The quantitative estimate of drug-likeness (QED) is 0.520. The third kappa shape index (κ3) is 5.97. The number of carbonyl (C=O) groups is 2. The van der Waals surface area contributed by atoms with Gasteiger partial charge in [-0.1, -0.05) is 43.2 Å². The van der Waals surface area contributed by atoms with Gasteiger partial charge in [-0.15, -0.1) is 0 Å². The molecule has 1 aromatic heterocycles. The van der Waals surface area contributed by atoms with Crippen molar-refractivity contribution in [1.82, 2.24) is 15.3 Å². The van der Waals surface area contributed by atoms with Crippen LogP contribution in [0.2, 0.25) is 0 Å². The molecule has 2 aromatic rings. The molecule has 0 bridgehead atoms. The molecule has 0 saturated heterocycles. The van der Waals surface area contributed by atoms with Crippen molar-refractivity contribution in [2.45, 2.75) is 89.1 Å². The van der Waals surface area contributed by atoms with E-state index in [4.69, 9.17) is 9.97 Å². The highest BCUT2D eigenvalue weighted by Crippen LogP contribution is 2.34. The van der Waals surface area contributed by atoms with Crippen LogP contribution in [0.1, 0.15) is 85.8 Å². The molecular formula is C30H41N5O2. The van der Waals surface area contributed by atoms with E-state index in [9.17, 15) is 9.59 Å². The Bertz CT molecular complexity index is 1090. The molecular weight excluding hydrogens is 462 g/mol. The predicted octanol–water partition coefficient (Wildman–Crippen LogP) is 4.95. The molecule has 0 unspecified atom stereocenters. The highest BCUT2D eigenvalue weighted by Gasteiger charge is 2.37. The van der Waals surface area contributed by atoms with Crippen LogP contribution in [0.15, 0.2) is 30.3 Å². The van der Waals surface area contributed by atoms with E-state index in [1.165, 1.54) is 24.1 Å². The number of aryl methyl sites for hydroxylation is 1. The fourth-order valence-electron chi connectivity index (χ4n) is 6.46. The highest BCUT2D eigenvalue weighted by molar-refractivity contribution is 6.00. The highest BCUT2D eigenvalue weighted by atomic mass is 16.2. The van der Waals surface area contributed by atoms with Crippen LogP contribution in [-0.4, -0.2) is 47.8 Å². The Balaban J connectivity index is 1.16. The average molecular weight is 504 g/mol. The molecule has 1 heterocycles. The number of Topliss-reactive ketones (excluding diaryl/α,β-unsaturated/α-hetero) is 1. The number of fused-ring (bicyclic) bond motifs is 1. The number of aromatic nitrogens is 2. The minimum absolute atomic E-state index is 0.0686. The predicted molar refractivity (Wildman–Crippen MR) is 147 cm³/mol. The summed E-state index contributed by atoms with van der Waals surface area (Å²) in [5.41, 5.74) is 3.22. The van der Waals surface area contributed by atoms with Crippen LogP contribution in [0.3, 0.4) is 0 Å². The Morgan fingerprint density at radius 3 is 2.22 bits per heavy atom. The molecule has 1 amide bonds. The maximum atomic E-state index is 13.3. The zero-order chi connectivity index (χ0) is 25.8. The first-order chi connectivity index (χ1) is 18.0. The van der Waals surface area contributed by atoms with Crippen LogP contribution >= 0.6 is 0 Å². The van der Waals surface area contributed by atoms with E-state index in [0.29, 0.717) is 6.04 Å². The van der Waals surface area contributed by atoms with E-state index in [1.807, 2.05) is 30.3 Å². The van der Waals surface area contributed by atoms with E-state index in [1.54, 1.807) is 0 Å². The third-order valence-corrected chi connectivity index (χ3v) is 8.49. The molecule has 1 aromatic carbocycles. The van der Waals surface area contributed by atoms with Gasteiger partial charge < -0.3 is 15.5 Å². The summed E-state index contributed by atoms with van der Waals surface area (Å²) < 4.78 is 0. The monoisotopic (exact) mass is 503 g/mol. The zero-order valence-electron chi connectivity index (χ0n) is 22.3. The number of amides is 1. The van der Waals surface area contributed by atoms with E-state index in [0.717, 1.165) is 81.5 Å². The second-order valence-corrected chi connectivity index (χ2v) is 11.3. The van der Waals surface area contributed by atoms with E-state index in [-0.39, 0.29) is 29.6 Å². The maximum absolute atomic E-state index is 13.3. The topological polar surface area (TPSA) is 87.2 Å². The summed E-state index contributed by atoms with van der Waals surface area (Å²) in [5, 5.41) is 6.91. The molecule has 2 N–H and O–H groups in total. The lowest BCUT2D eigenvalue weighted by Gasteiger charge is -2.34. The molecule has 0 aliphatic heterocycles. The number of anilines is 2. The average Bonchev–Trinajstić information content (AvgIpc) is 2.93. The van der Waals surface area contributed by atoms with Gasteiger partial charge in [-0.3, -0.25) is 9.59 Å². The minimum atomic E-state index is -0.217. The number of ketones is 1. The molecule has 5 rings (SSSR count). The van der Waals surface area contributed by atoms with Gasteiger partial charge >= 0.3 is 0 Å². The summed E-state index contributed by atoms with van der Waals surface area (Å²) in [6.07, 6.45) is 11.9. The Morgan fingerprint density at radius 1 is 0.811 bits per heavy atom. The molecule has 198 valence electrons. The van der Waals surface area contributed by atoms with Gasteiger partial charge in [-0.25, -0.2) is 4.98 Å². The van der Waals surface area contributed by atoms with Crippen molar-refractivity contribution in [3.63, 3.8) is 0 Å². The largest absolute Gasteiger partial charge is 0.362 e. The smallest absolute Gasteiger partial charge is 0.225 e. The Labute approximate surface area is 220 Å². The molecule has 3 aliphatic rings. The summed E-state index contributed by atoms with van der Waals surface area (Å²) in [5.74, 6) is 1.54. The first-order valence-corrected chi connectivity index (χ1v) is 14.2. The van der Waals surface area contributed by atoms with E-state index >= 15 is 0 Å².